The number of aromatic nitrogens is 2. The van der Waals surface area contributed by atoms with Crippen LogP contribution in [0.15, 0.2) is 30.3 Å². The molecule has 0 bridgehead atoms. The minimum absolute atomic E-state index is 0.0292. The average Bonchev–Trinajstić information content (AvgIpc) is 2.75. The maximum atomic E-state index is 12.8. The van der Waals surface area contributed by atoms with Crippen LogP contribution in [0.5, 0.6) is 17.5 Å². The Kier molecular flexibility index (Phi) is 9.60. The summed E-state index contributed by atoms with van der Waals surface area (Å²) in [6.07, 6.45) is -14.6. The number of amides is 2. The number of hydrogen-bond donors (Lipinski definition) is 1. The molecule has 9 nitrogen and oxygen atoms in total. The summed E-state index contributed by atoms with van der Waals surface area (Å²) < 4.78 is 130. The molecule has 0 saturated heterocycles. The molecule has 0 spiro atoms. The molecule has 0 aliphatic rings. The number of nitrogens with zero attached hydrogens (tertiary/aromatic N) is 3. The van der Waals surface area contributed by atoms with Gasteiger partial charge in [-0.2, -0.15) is 36.3 Å². The Labute approximate surface area is 202 Å². The van der Waals surface area contributed by atoms with Crippen molar-refractivity contribution in [3.8, 4) is 17.5 Å². The van der Waals surface area contributed by atoms with E-state index >= 15 is 0 Å². The fourth-order valence-electron chi connectivity index (χ4n) is 2.34. The van der Waals surface area contributed by atoms with Gasteiger partial charge in [0.15, 0.2) is 13.2 Å². The molecule has 0 aliphatic carbocycles. The van der Waals surface area contributed by atoms with Gasteiger partial charge in [-0.05, 0) is 31.2 Å². The number of carbonyl (C=O) groups excluding carboxylic acids is 1. The highest BCUT2D eigenvalue weighted by Gasteiger charge is 2.32. The molecular weight excluding hydrogens is 535 g/mol. The number of hydrogen-bond acceptors (Lipinski definition) is 7. The lowest BCUT2D eigenvalue weighted by molar-refractivity contribution is -0.274. The number of alkyl halides is 9. The second-order valence-electron chi connectivity index (χ2n) is 6.70. The van der Waals surface area contributed by atoms with Crippen LogP contribution in [-0.2, 0) is 4.74 Å². The van der Waals surface area contributed by atoms with Crippen LogP contribution in [0.3, 0.4) is 0 Å². The van der Waals surface area contributed by atoms with Crippen molar-refractivity contribution >= 4 is 17.7 Å². The van der Waals surface area contributed by atoms with Gasteiger partial charge in [-0.1, -0.05) is 0 Å². The number of anilines is 2. The van der Waals surface area contributed by atoms with E-state index < -0.39 is 68.1 Å². The number of carbonyl (C=O) groups is 1. The summed E-state index contributed by atoms with van der Waals surface area (Å²) in [4.78, 5) is 20.6. The molecule has 1 aromatic carbocycles. The first-order valence-electron chi connectivity index (χ1n) is 9.85. The molecule has 18 heteroatoms. The van der Waals surface area contributed by atoms with E-state index in [0.29, 0.717) is 6.07 Å². The Morgan fingerprint density at radius 2 is 1.41 bits per heavy atom. The van der Waals surface area contributed by atoms with Gasteiger partial charge in [0.05, 0.1) is 6.07 Å². The van der Waals surface area contributed by atoms with Crippen LogP contribution in [0.2, 0.25) is 0 Å². The van der Waals surface area contributed by atoms with E-state index in [2.05, 4.69) is 24.2 Å². The van der Waals surface area contributed by atoms with Gasteiger partial charge in [0.2, 0.25) is 17.7 Å². The summed E-state index contributed by atoms with van der Waals surface area (Å²) in [6, 6.07) is 3.32. The van der Waals surface area contributed by atoms with Gasteiger partial charge in [0.25, 0.3) is 0 Å². The van der Waals surface area contributed by atoms with Gasteiger partial charge >= 0.3 is 24.7 Å². The van der Waals surface area contributed by atoms with Crippen molar-refractivity contribution in [3.63, 3.8) is 0 Å². The lowest BCUT2D eigenvalue weighted by Gasteiger charge is -2.23. The minimum Gasteiger partial charge on any atom is -0.468 e. The van der Waals surface area contributed by atoms with E-state index in [-0.39, 0.29) is 12.3 Å². The first kappa shape index (κ1) is 29.5. The maximum absolute atomic E-state index is 12.8. The Morgan fingerprint density at radius 3 is 1.84 bits per heavy atom. The summed E-state index contributed by atoms with van der Waals surface area (Å²) in [7, 11) is 0. The molecule has 37 heavy (non-hydrogen) atoms. The van der Waals surface area contributed by atoms with Crippen molar-refractivity contribution in [2.24, 2.45) is 0 Å². The summed E-state index contributed by atoms with van der Waals surface area (Å²) in [5, 5.41) is 2.03. The zero-order valence-electron chi connectivity index (χ0n) is 18.5. The first-order chi connectivity index (χ1) is 17.0. The normalized spacial score (nSPS) is 12.2. The van der Waals surface area contributed by atoms with Crippen molar-refractivity contribution in [2.75, 3.05) is 36.8 Å². The molecule has 1 aromatic heterocycles. The largest absolute Gasteiger partial charge is 0.573 e. The lowest BCUT2D eigenvalue weighted by Crippen LogP contribution is -2.37. The Hall–Kier alpha value is -3.70. The highest BCUT2D eigenvalue weighted by molar-refractivity contribution is 6.00. The minimum atomic E-state index is -4.97. The quantitative estimate of drug-likeness (QED) is 0.316. The van der Waals surface area contributed by atoms with Crippen LogP contribution >= 0.6 is 0 Å². The van der Waals surface area contributed by atoms with Crippen molar-refractivity contribution in [2.45, 2.75) is 25.6 Å². The molecule has 0 unspecified atom stereocenters. The van der Waals surface area contributed by atoms with Crippen molar-refractivity contribution in [1.29, 1.82) is 0 Å². The highest BCUT2D eigenvalue weighted by Crippen LogP contribution is 2.27. The van der Waals surface area contributed by atoms with Gasteiger partial charge in [-0.15, -0.1) is 13.2 Å². The third kappa shape index (κ3) is 11.3. The number of ether oxygens (including phenoxy) is 4. The fraction of sp³-hybridized carbons (Fsp3) is 0.421. The summed E-state index contributed by atoms with van der Waals surface area (Å²) in [5.74, 6) is -3.15. The predicted octanol–water partition coefficient (Wildman–Crippen LogP) is 5.29. The average molecular weight is 552 g/mol. The molecule has 0 aliphatic heterocycles. The molecular formula is C19H17F9N4O5. The summed E-state index contributed by atoms with van der Waals surface area (Å²) >= 11 is 0. The van der Waals surface area contributed by atoms with Gasteiger partial charge in [-0.25, -0.2) is 4.79 Å². The fourth-order valence-corrected chi connectivity index (χ4v) is 2.34. The van der Waals surface area contributed by atoms with Crippen LogP contribution in [-0.4, -0.2) is 61.3 Å². The van der Waals surface area contributed by atoms with E-state index in [1.807, 2.05) is 5.32 Å². The van der Waals surface area contributed by atoms with E-state index in [4.69, 9.17) is 4.74 Å². The monoisotopic (exact) mass is 552 g/mol. The SMILES string of the molecule is CCOCN(C(=O)Nc1nc(OCC(F)(F)F)cc(OCC(F)(F)F)n1)c1ccc(OC(F)(F)F)cc1. The molecule has 2 amide bonds. The highest BCUT2D eigenvalue weighted by atomic mass is 19.4. The van der Waals surface area contributed by atoms with Gasteiger partial charge < -0.3 is 18.9 Å². The number of urea groups is 1. The van der Waals surface area contributed by atoms with Gasteiger partial charge in [0, 0.05) is 12.3 Å². The smallest absolute Gasteiger partial charge is 0.468 e. The Balaban J connectivity index is 2.29. The van der Waals surface area contributed by atoms with Crippen LogP contribution in [0.1, 0.15) is 6.92 Å². The maximum Gasteiger partial charge on any atom is 0.573 e. The molecule has 0 radical (unpaired) electrons. The molecule has 1 heterocycles. The van der Waals surface area contributed by atoms with Crippen molar-refractivity contribution < 1.29 is 63.3 Å². The molecule has 2 aromatic rings. The van der Waals surface area contributed by atoms with Gasteiger partial charge in [0.1, 0.15) is 12.5 Å². The predicted molar refractivity (Wildman–Crippen MR) is 106 cm³/mol. The number of benzene rings is 1. The van der Waals surface area contributed by atoms with Gasteiger partial charge in [-0.3, -0.25) is 10.2 Å². The summed E-state index contributed by atoms with van der Waals surface area (Å²) in [6.45, 7) is -2.54. The standard InChI is InChI=1S/C19H17F9N4O5/c1-2-34-10-32(11-3-5-12(6-4-11)37-19(26,27)28)16(33)31-15-29-13(35-8-17(20,21)22)7-14(30-15)36-9-18(23,24)25/h3-7H,2,8-10H2,1H3,(H,29,30,31,33). The third-order valence-electron chi connectivity index (χ3n) is 3.72. The molecule has 0 fully saturated rings. The zero-order chi connectivity index (χ0) is 27.9. The molecule has 206 valence electrons. The second kappa shape index (κ2) is 12.0. The van der Waals surface area contributed by atoms with E-state index in [9.17, 15) is 44.3 Å². The van der Waals surface area contributed by atoms with E-state index in [1.54, 1.807) is 6.92 Å². The molecule has 0 saturated carbocycles. The number of halogens is 9. The molecule has 0 atom stereocenters. The van der Waals surface area contributed by atoms with E-state index in [0.717, 1.165) is 29.2 Å². The second-order valence-corrected chi connectivity index (χ2v) is 6.70. The number of nitrogens with one attached hydrogen (secondary N) is 1. The first-order valence-corrected chi connectivity index (χ1v) is 9.85. The Morgan fingerprint density at radius 1 is 0.892 bits per heavy atom. The van der Waals surface area contributed by atoms with Crippen LogP contribution in [0.25, 0.3) is 0 Å². The van der Waals surface area contributed by atoms with Crippen LogP contribution < -0.4 is 24.4 Å². The van der Waals surface area contributed by atoms with Crippen LogP contribution in [0, 0.1) is 0 Å². The zero-order valence-corrected chi connectivity index (χ0v) is 18.5. The Bertz CT molecular complexity index is 994. The molecule has 1 N–H and O–H groups in total. The lowest BCUT2D eigenvalue weighted by atomic mass is 10.3. The number of rotatable bonds is 10. The topological polar surface area (TPSA) is 95.0 Å². The molecule has 2 rings (SSSR count). The van der Waals surface area contributed by atoms with E-state index in [1.165, 1.54) is 0 Å². The third-order valence-corrected chi connectivity index (χ3v) is 3.72. The summed E-state index contributed by atoms with van der Waals surface area (Å²) in [5.41, 5.74) is -0.0292. The van der Waals surface area contributed by atoms with Crippen molar-refractivity contribution in [1.82, 2.24) is 9.97 Å². The van der Waals surface area contributed by atoms with Crippen molar-refractivity contribution in [3.05, 3.63) is 30.3 Å². The van der Waals surface area contributed by atoms with Crippen LogP contribution in [0.4, 0.5) is 55.9 Å².